The average Bonchev–Trinajstić information content (AvgIpc) is 0.790. The lowest BCUT2D eigenvalue weighted by molar-refractivity contribution is -0.143. The third kappa shape index (κ3) is 33.8. The Labute approximate surface area is 582 Å². The molecule has 0 radical (unpaired) electrons. The molecule has 2 fully saturated rings. The van der Waals surface area contributed by atoms with Gasteiger partial charge < -0.3 is 78.9 Å². The van der Waals surface area contributed by atoms with E-state index in [4.69, 9.17) is 21.6 Å². The third-order valence-corrected chi connectivity index (χ3v) is 18.9. The number of nitrogens with zero attached hydrogens (tertiary/aromatic N) is 6. The Morgan fingerprint density at radius 1 is 0.571 bits per heavy atom. The second-order valence-electron chi connectivity index (χ2n) is 26.1. The summed E-state index contributed by atoms with van der Waals surface area (Å²) in [5.74, 6) is -8.28. The maximum absolute atomic E-state index is 15.2. The van der Waals surface area contributed by atoms with E-state index in [2.05, 4.69) is 31.9 Å². The van der Waals surface area contributed by atoms with Crippen molar-refractivity contribution >= 4 is 94.6 Å². The summed E-state index contributed by atoms with van der Waals surface area (Å²) >= 11 is 2.68. The van der Waals surface area contributed by atoms with Gasteiger partial charge in [0.25, 0.3) is 0 Å². The summed E-state index contributed by atoms with van der Waals surface area (Å²) < 4.78 is 0. The van der Waals surface area contributed by atoms with Crippen molar-refractivity contribution in [1.29, 1.82) is 0 Å². The van der Waals surface area contributed by atoms with E-state index in [9.17, 15) is 78.3 Å². The Kier molecular flexibility index (Phi) is 39.3. The maximum Gasteiger partial charge on any atom is 0.317 e. The number of carboxylic acids is 3. The number of amides is 9. The Hall–Kier alpha value is -6.79. The van der Waals surface area contributed by atoms with Gasteiger partial charge in [-0.25, -0.2) is 0 Å². The lowest BCUT2D eigenvalue weighted by Gasteiger charge is -2.43. The Bertz CT molecular complexity index is 2730. The SMILES string of the molecule is CC[C@H](C)[C@H](NC(=O)[C@H](CC(C)C)NC(=O)C1(NC(=O)[C@H](CSCc2cccc(CSCCC(=O)N[C@H](CCC(=O)NC[C@H](O)C[C@H](O)CCO)C(N)=O)n2)NC(=O)CCC(C)C)CCN(C(=O)CN2CCN(CC(=O)O)CCN(CC(=O)O)CCN(CC(=O)O)CC2)CC1)C(N)=O. The number of carboxylic acid groups (broad SMARTS) is 3. The molecule has 16 N–H and O–H groups in total. The molecule has 0 aromatic carbocycles. The van der Waals surface area contributed by atoms with E-state index in [1.807, 2.05) is 34.6 Å². The second kappa shape index (κ2) is 45.1. The lowest BCUT2D eigenvalue weighted by Crippen LogP contribution is -2.68. The van der Waals surface area contributed by atoms with Crippen molar-refractivity contribution in [2.24, 2.45) is 29.2 Å². The van der Waals surface area contributed by atoms with Crippen LogP contribution in [0.15, 0.2) is 18.2 Å². The first-order valence-electron chi connectivity index (χ1n) is 33.6. The van der Waals surface area contributed by atoms with Crippen LogP contribution in [-0.2, 0) is 69.0 Å². The van der Waals surface area contributed by atoms with Gasteiger partial charge in [-0.3, -0.25) is 82.1 Å². The summed E-state index contributed by atoms with van der Waals surface area (Å²) in [6.45, 7) is 10.6. The molecule has 32 nitrogen and oxygen atoms in total. The molecule has 2 aliphatic rings. The van der Waals surface area contributed by atoms with Crippen LogP contribution in [0.25, 0.3) is 0 Å². The minimum Gasteiger partial charge on any atom is -0.480 e. The molecule has 3 rings (SSSR count). The highest BCUT2D eigenvalue weighted by molar-refractivity contribution is 7.98. The van der Waals surface area contributed by atoms with Gasteiger partial charge in [-0.15, -0.1) is 0 Å². The molecule has 3 heterocycles. The molecule has 554 valence electrons. The minimum atomic E-state index is -1.79. The number of nitrogens with one attached hydrogen (secondary N) is 6. The Balaban J connectivity index is 1.86. The molecule has 1 aromatic rings. The second-order valence-corrected chi connectivity index (χ2v) is 28.2. The monoisotopic (exact) mass is 1420 g/mol. The number of aliphatic hydroxyl groups excluding tert-OH is 3. The van der Waals surface area contributed by atoms with Crippen molar-refractivity contribution < 1.29 is 88.2 Å². The minimum absolute atomic E-state index is 0.00126. The zero-order valence-corrected chi connectivity index (χ0v) is 59.2. The number of hydrogen-bond donors (Lipinski definition) is 14. The molecule has 34 heteroatoms. The number of rotatable bonds is 43. The first kappa shape index (κ1) is 85.4. The van der Waals surface area contributed by atoms with Gasteiger partial charge >= 0.3 is 17.9 Å². The maximum atomic E-state index is 15.2. The topological polar surface area (TPSA) is 480 Å². The highest BCUT2D eigenvalue weighted by atomic mass is 32.2. The number of thioether (sulfide) groups is 2. The van der Waals surface area contributed by atoms with E-state index >= 15 is 4.79 Å². The van der Waals surface area contributed by atoms with E-state index in [1.54, 1.807) is 44.7 Å². The van der Waals surface area contributed by atoms with Gasteiger partial charge in [-0.1, -0.05) is 54.0 Å². The van der Waals surface area contributed by atoms with Crippen molar-refractivity contribution in [2.45, 2.75) is 166 Å². The number of primary amides is 2. The van der Waals surface area contributed by atoms with Crippen LogP contribution in [0.5, 0.6) is 0 Å². The van der Waals surface area contributed by atoms with Crippen LogP contribution < -0.4 is 43.4 Å². The number of aromatic nitrogens is 1. The molecule has 0 saturated carbocycles. The average molecular weight is 1430 g/mol. The predicted octanol–water partition coefficient (Wildman–Crippen LogP) is -2.28. The normalized spacial score (nSPS) is 17.5. The summed E-state index contributed by atoms with van der Waals surface area (Å²) in [5, 5.41) is 74.4. The molecular formula is C64H108N14O18S2. The van der Waals surface area contributed by atoms with Gasteiger partial charge in [-0.2, -0.15) is 23.5 Å². The Morgan fingerprint density at radius 2 is 1.08 bits per heavy atom. The largest absolute Gasteiger partial charge is 0.480 e. The van der Waals surface area contributed by atoms with Gasteiger partial charge in [0.1, 0.15) is 29.7 Å². The molecule has 0 aliphatic carbocycles. The molecule has 0 unspecified atom stereocenters. The van der Waals surface area contributed by atoms with Crippen LogP contribution >= 0.6 is 23.5 Å². The number of nitrogens with two attached hydrogens (primary N) is 2. The van der Waals surface area contributed by atoms with Crippen molar-refractivity contribution in [3.63, 3.8) is 0 Å². The molecule has 1 aromatic heterocycles. The van der Waals surface area contributed by atoms with Gasteiger partial charge in [0, 0.05) is 127 Å². The lowest BCUT2D eigenvalue weighted by atomic mass is 9.85. The van der Waals surface area contributed by atoms with Crippen molar-refractivity contribution in [3.8, 4) is 0 Å². The Morgan fingerprint density at radius 3 is 1.57 bits per heavy atom. The number of likely N-dealkylation sites (tertiary alicyclic amines) is 1. The smallest absolute Gasteiger partial charge is 0.317 e. The van der Waals surface area contributed by atoms with E-state index in [0.29, 0.717) is 35.7 Å². The van der Waals surface area contributed by atoms with Crippen LogP contribution in [0, 0.1) is 17.8 Å². The summed E-state index contributed by atoms with van der Waals surface area (Å²) in [5.41, 5.74) is 10.8. The highest BCUT2D eigenvalue weighted by Gasteiger charge is 2.46. The highest BCUT2D eigenvalue weighted by Crippen LogP contribution is 2.26. The summed E-state index contributed by atoms with van der Waals surface area (Å²) in [7, 11) is 0. The molecule has 9 amide bonds. The fraction of sp³-hybridized carbons (Fsp3) is 0.734. The van der Waals surface area contributed by atoms with E-state index in [1.165, 1.54) is 28.4 Å². The van der Waals surface area contributed by atoms with Gasteiger partial charge in [0.05, 0.1) is 49.8 Å². The number of carbonyl (C=O) groups is 12. The van der Waals surface area contributed by atoms with Crippen LogP contribution in [-0.4, -0.2) is 289 Å². The number of aliphatic hydroxyl groups is 3. The van der Waals surface area contributed by atoms with Gasteiger partial charge in [-0.05, 0) is 68.4 Å². The molecule has 7 atom stereocenters. The predicted molar refractivity (Wildman–Crippen MR) is 366 cm³/mol. The molecule has 0 spiro atoms. The van der Waals surface area contributed by atoms with Crippen LogP contribution in [0.3, 0.4) is 0 Å². The van der Waals surface area contributed by atoms with E-state index < -0.39 is 107 Å². The molecule has 0 bridgehead atoms. The number of pyridine rings is 1. The third-order valence-electron chi connectivity index (χ3n) is 16.9. The molecular weight excluding hydrogens is 1320 g/mol. The molecule has 2 aliphatic heterocycles. The number of carbonyl (C=O) groups excluding carboxylic acids is 9. The van der Waals surface area contributed by atoms with Gasteiger partial charge in [0.2, 0.25) is 53.2 Å². The fourth-order valence-electron chi connectivity index (χ4n) is 10.9. The first-order valence-corrected chi connectivity index (χ1v) is 35.9. The summed E-state index contributed by atoms with van der Waals surface area (Å²) in [4.78, 5) is 171. The summed E-state index contributed by atoms with van der Waals surface area (Å²) in [6, 6.07) is 0.738. The number of piperidine rings is 1. The van der Waals surface area contributed by atoms with E-state index in [0.717, 1.165) is 0 Å². The van der Waals surface area contributed by atoms with E-state index in [-0.39, 0.29) is 198 Å². The quantitative estimate of drug-likeness (QED) is 0.0306. The first-order chi connectivity index (χ1) is 46.3. The number of hydrogen-bond acceptors (Lipinski definition) is 22. The van der Waals surface area contributed by atoms with Crippen molar-refractivity contribution in [3.05, 3.63) is 29.6 Å². The van der Waals surface area contributed by atoms with Gasteiger partial charge in [0.15, 0.2) is 0 Å². The molecule has 98 heavy (non-hydrogen) atoms. The zero-order valence-electron chi connectivity index (χ0n) is 57.6. The standard InChI is InChI=1S/C64H108N14O18S2/c1-7-43(6)58(60(66)93)72-61(94)49(31-42(4)5)71-63(96)64(17-19-78(20-18-64)54(85)34-74-21-23-75(35-55(86)87)25-27-77(37-57(90)91)28-26-76(24-22-74)36-56(88)89)73-62(95)50(70-52(83)13-11-41(2)3)40-98-39-45-10-8-9-44(68-45)38-97-30-16-53(84)69-48(59(65)92)12-14-51(82)67-33-47(81)32-46(80)15-29-79/h8-10,41-43,46-50,58,79-81H,7,11-40H2,1-6H3,(H2,65,92)(H2,66,93)(H,67,82)(H,69,84)(H,70,83)(H,71,96)(H,72,94)(H,73,95)(H,86,87)(H,88,89)(H,90,91)/t43-,46+,47+,48+,49-,50-,58-/m0/s1. The summed E-state index contributed by atoms with van der Waals surface area (Å²) in [6.07, 6.45) is -1.41. The zero-order chi connectivity index (χ0) is 73.1. The van der Waals surface area contributed by atoms with Crippen molar-refractivity contribution in [1.82, 2.24) is 61.4 Å². The fourth-order valence-corrected chi connectivity index (χ4v) is 12.7. The molecule has 2 saturated heterocycles. The van der Waals surface area contributed by atoms with Crippen LogP contribution in [0.2, 0.25) is 0 Å². The van der Waals surface area contributed by atoms with Crippen LogP contribution in [0.4, 0.5) is 0 Å². The van der Waals surface area contributed by atoms with Crippen LogP contribution in [0.1, 0.15) is 124 Å². The number of aliphatic carboxylic acids is 3. The van der Waals surface area contributed by atoms with Crippen molar-refractivity contribution in [2.75, 3.05) is 116 Å².